The highest BCUT2D eigenvalue weighted by molar-refractivity contribution is 6.31. The Morgan fingerprint density at radius 1 is 1.17 bits per heavy atom. The maximum Gasteiger partial charge on any atom is 0.355 e. The lowest BCUT2D eigenvalue weighted by molar-refractivity contribution is 0.0686. The van der Waals surface area contributed by atoms with E-state index in [0.29, 0.717) is 10.6 Å². The Morgan fingerprint density at radius 3 is 2.61 bits per heavy atom. The summed E-state index contributed by atoms with van der Waals surface area (Å²) in [6.45, 7) is 0. The Bertz CT molecular complexity index is 625. The predicted molar refractivity (Wildman–Crippen MR) is 66.1 cm³/mol. The third-order valence-electron chi connectivity index (χ3n) is 2.34. The minimum absolute atomic E-state index is 0.0484. The lowest BCUT2D eigenvalue weighted by atomic mass is 10.0. The van der Waals surface area contributed by atoms with Crippen LogP contribution < -0.4 is 0 Å². The van der Waals surface area contributed by atoms with Crippen LogP contribution in [0.1, 0.15) is 26.4 Å². The van der Waals surface area contributed by atoms with Gasteiger partial charge in [-0.1, -0.05) is 23.7 Å². The van der Waals surface area contributed by atoms with Crippen molar-refractivity contribution in [3.8, 4) is 0 Å². The smallest absolute Gasteiger partial charge is 0.355 e. The number of carboxylic acid groups (broad SMARTS) is 1. The van der Waals surface area contributed by atoms with E-state index >= 15 is 0 Å². The Hall–Kier alpha value is -2.20. The summed E-state index contributed by atoms with van der Waals surface area (Å²) in [6, 6.07) is 9.28. The molecule has 90 valence electrons. The molecule has 0 saturated heterocycles. The Kier molecular flexibility index (Phi) is 3.39. The normalized spacial score (nSPS) is 10.1. The molecule has 1 aromatic carbocycles. The van der Waals surface area contributed by atoms with Gasteiger partial charge in [0.05, 0.1) is 5.56 Å². The number of carboxylic acids is 1. The lowest BCUT2D eigenvalue weighted by Gasteiger charge is -2.04. The molecule has 0 atom stereocenters. The van der Waals surface area contributed by atoms with Gasteiger partial charge in [0, 0.05) is 16.8 Å². The van der Waals surface area contributed by atoms with Gasteiger partial charge in [-0.3, -0.25) is 4.79 Å². The van der Waals surface area contributed by atoms with E-state index in [2.05, 4.69) is 4.98 Å². The van der Waals surface area contributed by atoms with Crippen molar-refractivity contribution in [1.29, 1.82) is 0 Å². The second kappa shape index (κ2) is 4.98. The predicted octanol–water partition coefficient (Wildman–Crippen LogP) is 2.66. The van der Waals surface area contributed by atoms with E-state index in [4.69, 9.17) is 16.7 Å². The molecule has 0 amide bonds. The summed E-state index contributed by atoms with van der Waals surface area (Å²) >= 11 is 5.79. The van der Waals surface area contributed by atoms with E-state index in [9.17, 15) is 9.59 Å². The number of hydrogen-bond donors (Lipinski definition) is 1. The van der Waals surface area contributed by atoms with E-state index in [1.165, 1.54) is 24.4 Å². The monoisotopic (exact) mass is 261 g/mol. The highest BCUT2D eigenvalue weighted by Crippen LogP contribution is 2.16. The minimum atomic E-state index is -1.24. The fourth-order valence-corrected chi connectivity index (χ4v) is 1.73. The van der Waals surface area contributed by atoms with E-state index in [1.807, 2.05) is 0 Å². The molecule has 0 saturated carbocycles. The Labute approximate surface area is 108 Å². The molecule has 2 rings (SSSR count). The third-order valence-corrected chi connectivity index (χ3v) is 2.58. The van der Waals surface area contributed by atoms with Crippen LogP contribution in [0.3, 0.4) is 0 Å². The standard InChI is InChI=1S/C13H8ClNO3/c14-9-4-1-3-8(7-9)12(16)10-5-2-6-15-11(10)13(17)18/h1-7H,(H,17,18). The van der Waals surface area contributed by atoms with Crippen molar-refractivity contribution in [1.82, 2.24) is 4.98 Å². The molecule has 0 radical (unpaired) electrons. The molecule has 5 heteroatoms. The first-order valence-corrected chi connectivity index (χ1v) is 5.46. The first-order chi connectivity index (χ1) is 8.59. The zero-order valence-corrected chi connectivity index (χ0v) is 9.89. The second-order valence-corrected chi connectivity index (χ2v) is 3.98. The number of aromatic carboxylic acids is 1. The van der Waals surface area contributed by atoms with Crippen LogP contribution in [0.4, 0.5) is 0 Å². The molecule has 0 aliphatic carbocycles. The third kappa shape index (κ3) is 2.38. The first-order valence-electron chi connectivity index (χ1n) is 5.08. The molecule has 1 N–H and O–H groups in total. The van der Waals surface area contributed by atoms with Crippen molar-refractivity contribution in [2.45, 2.75) is 0 Å². The number of ketones is 1. The average Bonchev–Trinajstić information content (AvgIpc) is 2.38. The quantitative estimate of drug-likeness (QED) is 0.863. The van der Waals surface area contributed by atoms with Crippen molar-refractivity contribution in [3.05, 3.63) is 64.4 Å². The number of carbonyl (C=O) groups is 2. The Balaban J connectivity index is 2.50. The number of hydrogen-bond acceptors (Lipinski definition) is 3. The highest BCUT2D eigenvalue weighted by Gasteiger charge is 2.18. The van der Waals surface area contributed by atoms with Crippen LogP contribution in [0.25, 0.3) is 0 Å². The fraction of sp³-hybridized carbons (Fsp3) is 0. The molecule has 1 aromatic heterocycles. The van der Waals surface area contributed by atoms with Crippen LogP contribution in [-0.2, 0) is 0 Å². The number of carbonyl (C=O) groups excluding carboxylic acids is 1. The SMILES string of the molecule is O=C(c1cccc(Cl)c1)c1cccnc1C(=O)O. The van der Waals surface area contributed by atoms with Gasteiger partial charge >= 0.3 is 5.97 Å². The zero-order chi connectivity index (χ0) is 13.1. The van der Waals surface area contributed by atoms with Crippen LogP contribution in [0, 0.1) is 0 Å². The zero-order valence-electron chi connectivity index (χ0n) is 9.13. The van der Waals surface area contributed by atoms with E-state index in [-0.39, 0.29) is 11.3 Å². The molecule has 1 heterocycles. The van der Waals surface area contributed by atoms with E-state index in [0.717, 1.165) is 0 Å². The van der Waals surface area contributed by atoms with Crippen molar-refractivity contribution >= 4 is 23.4 Å². The summed E-state index contributed by atoms with van der Waals surface area (Å²) < 4.78 is 0. The van der Waals surface area contributed by atoms with Crippen molar-refractivity contribution in [2.75, 3.05) is 0 Å². The van der Waals surface area contributed by atoms with Gasteiger partial charge in [0.25, 0.3) is 0 Å². The number of nitrogens with zero attached hydrogens (tertiary/aromatic N) is 1. The van der Waals surface area contributed by atoms with Crippen LogP contribution in [-0.4, -0.2) is 21.8 Å². The fourth-order valence-electron chi connectivity index (χ4n) is 1.54. The highest BCUT2D eigenvalue weighted by atomic mass is 35.5. The number of rotatable bonds is 3. The molecular weight excluding hydrogens is 254 g/mol. The summed E-state index contributed by atoms with van der Waals surface area (Å²) in [5.74, 6) is -1.65. The van der Waals surface area contributed by atoms with Gasteiger partial charge in [-0.15, -0.1) is 0 Å². The van der Waals surface area contributed by atoms with Crippen LogP contribution in [0.2, 0.25) is 5.02 Å². The molecular formula is C13H8ClNO3. The second-order valence-electron chi connectivity index (χ2n) is 3.54. The topological polar surface area (TPSA) is 67.3 Å². The maximum atomic E-state index is 12.2. The van der Waals surface area contributed by atoms with E-state index < -0.39 is 11.8 Å². The summed E-state index contributed by atoms with van der Waals surface area (Å²) in [5, 5.41) is 9.39. The molecule has 0 aliphatic rings. The molecule has 0 spiro atoms. The molecule has 0 aliphatic heterocycles. The van der Waals surface area contributed by atoms with Crippen LogP contribution in [0.5, 0.6) is 0 Å². The minimum Gasteiger partial charge on any atom is -0.476 e. The first kappa shape index (κ1) is 12.3. The van der Waals surface area contributed by atoms with Crippen LogP contribution >= 0.6 is 11.6 Å². The van der Waals surface area contributed by atoms with Gasteiger partial charge in [-0.25, -0.2) is 9.78 Å². The average molecular weight is 262 g/mol. The number of aromatic nitrogens is 1. The van der Waals surface area contributed by atoms with Crippen LogP contribution in [0.15, 0.2) is 42.6 Å². The van der Waals surface area contributed by atoms with Gasteiger partial charge in [0.1, 0.15) is 0 Å². The maximum absolute atomic E-state index is 12.2. The number of benzene rings is 1. The summed E-state index contributed by atoms with van der Waals surface area (Å²) in [6.07, 6.45) is 1.33. The van der Waals surface area contributed by atoms with Gasteiger partial charge in [-0.05, 0) is 24.3 Å². The summed E-state index contributed by atoms with van der Waals surface area (Å²) in [7, 11) is 0. The lowest BCUT2D eigenvalue weighted by Crippen LogP contribution is -2.11. The molecule has 4 nitrogen and oxygen atoms in total. The molecule has 2 aromatic rings. The van der Waals surface area contributed by atoms with Crippen molar-refractivity contribution in [2.24, 2.45) is 0 Å². The molecule has 0 fully saturated rings. The van der Waals surface area contributed by atoms with E-state index in [1.54, 1.807) is 18.2 Å². The molecule has 0 bridgehead atoms. The van der Waals surface area contributed by atoms with Gasteiger partial charge in [-0.2, -0.15) is 0 Å². The summed E-state index contributed by atoms with van der Waals surface area (Å²) in [4.78, 5) is 26.8. The van der Waals surface area contributed by atoms with Crippen molar-refractivity contribution in [3.63, 3.8) is 0 Å². The number of pyridine rings is 1. The van der Waals surface area contributed by atoms with Gasteiger partial charge in [0.2, 0.25) is 0 Å². The summed E-state index contributed by atoms with van der Waals surface area (Å²) in [5.41, 5.74) is 0.118. The number of halogens is 1. The largest absolute Gasteiger partial charge is 0.476 e. The van der Waals surface area contributed by atoms with Gasteiger partial charge in [0.15, 0.2) is 11.5 Å². The molecule has 18 heavy (non-hydrogen) atoms. The Morgan fingerprint density at radius 2 is 1.94 bits per heavy atom. The van der Waals surface area contributed by atoms with Crippen molar-refractivity contribution < 1.29 is 14.7 Å². The van der Waals surface area contributed by atoms with Gasteiger partial charge < -0.3 is 5.11 Å². The molecule has 0 unspecified atom stereocenters.